The highest BCUT2D eigenvalue weighted by Gasteiger charge is 2.81. The smallest absolute Gasteiger partial charge is 0.312 e. The van der Waals surface area contributed by atoms with Gasteiger partial charge >= 0.3 is 11.9 Å². The van der Waals surface area contributed by atoms with Gasteiger partial charge < -0.3 is 29.3 Å². The largest absolute Gasteiger partial charge is 0.493 e. The molecule has 9 heteroatoms. The lowest BCUT2D eigenvalue weighted by molar-refractivity contribution is -0.151. The van der Waals surface area contributed by atoms with Gasteiger partial charge in [-0.15, -0.1) is 0 Å². The molecule has 2 atom stereocenters. The van der Waals surface area contributed by atoms with E-state index in [4.69, 9.17) is 14.2 Å². The van der Waals surface area contributed by atoms with Gasteiger partial charge in [-0.3, -0.25) is 14.4 Å². The van der Waals surface area contributed by atoms with Gasteiger partial charge in [-0.05, 0) is 18.6 Å². The van der Waals surface area contributed by atoms with Crippen molar-refractivity contribution in [2.45, 2.75) is 6.42 Å². The highest BCUT2D eigenvalue weighted by Crippen LogP contribution is 2.68. The molecular weight excluding hydrogens is 346 g/mol. The van der Waals surface area contributed by atoms with Crippen LogP contribution in [0.15, 0.2) is 12.1 Å². The number of methoxy groups -OCH3 is 3. The predicted molar refractivity (Wildman–Crippen MR) is 86.8 cm³/mol. The van der Waals surface area contributed by atoms with E-state index in [2.05, 4.69) is 0 Å². The number of amides is 1. The van der Waals surface area contributed by atoms with Crippen molar-refractivity contribution < 1.29 is 38.8 Å². The third-order valence-corrected chi connectivity index (χ3v) is 5.33. The fraction of sp³-hybridized carbons (Fsp3) is 0.471. The Hall–Kier alpha value is -2.97. The van der Waals surface area contributed by atoms with Crippen molar-refractivity contribution in [3.63, 3.8) is 0 Å². The Labute approximate surface area is 149 Å². The van der Waals surface area contributed by atoms with Crippen molar-refractivity contribution in [3.05, 3.63) is 17.7 Å². The highest BCUT2D eigenvalue weighted by atomic mass is 16.5. The Bertz CT molecular complexity index is 753. The standard InChI is InChI=1S/C17H19NO8/c1-24-10-4-9(5-11(25-2)12(10)26-3)13(19)18-7-16(14(20)21)6-17(16,8-18)15(22)23/h4-5H,6-8H2,1-3H3,(H,20,21)(H,22,23)/t16-,17+. The van der Waals surface area contributed by atoms with Gasteiger partial charge in [0, 0.05) is 18.7 Å². The lowest BCUT2D eigenvalue weighted by Crippen LogP contribution is -2.34. The molecule has 1 amide bonds. The summed E-state index contributed by atoms with van der Waals surface area (Å²) in [7, 11) is 4.26. The van der Waals surface area contributed by atoms with Crippen molar-refractivity contribution in [2.24, 2.45) is 10.8 Å². The topological polar surface area (TPSA) is 123 Å². The Morgan fingerprint density at radius 2 is 1.38 bits per heavy atom. The van der Waals surface area contributed by atoms with Crippen LogP contribution in [0.25, 0.3) is 0 Å². The lowest BCUT2D eigenvalue weighted by Gasteiger charge is -2.21. The van der Waals surface area contributed by atoms with E-state index in [0.29, 0.717) is 5.75 Å². The first-order chi connectivity index (χ1) is 12.3. The predicted octanol–water partition coefficient (Wildman–Crippen LogP) is 0.714. The van der Waals surface area contributed by atoms with Crippen LogP contribution in [0.2, 0.25) is 0 Å². The monoisotopic (exact) mass is 365 g/mol. The summed E-state index contributed by atoms with van der Waals surface area (Å²) in [4.78, 5) is 37.3. The molecule has 26 heavy (non-hydrogen) atoms. The Kier molecular flexibility index (Phi) is 3.97. The van der Waals surface area contributed by atoms with E-state index in [1.165, 1.54) is 38.4 Å². The van der Waals surface area contributed by atoms with Crippen molar-refractivity contribution in [3.8, 4) is 17.2 Å². The molecule has 0 spiro atoms. The number of carboxylic acids is 2. The first-order valence-electron chi connectivity index (χ1n) is 7.82. The maximum Gasteiger partial charge on any atom is 0.312 e. The normalized spacial score (nSPS) is 26.0. The third-order valence-electron chi connectivity index (χ3n) is 5.33. The van der Waals surface area contributed by atoms with E-state index in [1.54, 1.807) is 0 Å². The fourth-order valence-corrected chi connectivity index (χ4v) is 3.82. The summed E-state index contributed by atoms with van der Waals surface area (Å²) < 4.78 is 15.6. The first-order valence-corrected chi connectivity index (χ1v) is 7.82. The number of hydrogen-bond donors (Lipinski definition) is 2. The van der Waals surface area contributed by atoms with Gasteiger partial charge in [-0.25, -0.2) is 0 Å². The summed E-state index contributed by atoms with van der Waals surface area (Å²) >= 11 is 0. The van der Waals surface area contributed by atoms with Crippen molar-refractivity contribution in [1.29, 1.82) is 0 Å². The molecule has 0 bridgehead atoms. The molecule has 1 heterocycles. The Balaban J connectivity index is 1.94. The third kappa shape index (κ3) is 2.19. The van der Waals surface area contributed by atoms with E-state index >= 15 is 0 Å². The quantitative estimate of drug-likeness (QED) is 0.756. The number of benzene rings is 1. The van der Waals surface area contributed by atoms with Crippen LogP contribution in [0.3, 0.4) is 0 Å². The summed E-state index contributed by atoms with van der Waals surface area (Å²) in [5, 5.41) is 18.9. The van der Waals surface area contributed by atoms with E-state index in [1.807, 2.05) is 0 Å². The second kappa shape index (κ2) is 5.79. The minimum Gasteiger partial charge on any atom is -0.493 e. The number of carboxylic acid groups (broad SMARTS) is 2. The second-order valence-corrected chi connectivity index (χ2v) is 6.53. The van der Waals surface area contributed by atoms with Crippen LogP contribution >= 0.6 is 0 Å². The number of fused-ring (bicyclic) bond motifs is 1. The number of rotatable bonds is 6. The van der Waals surface area contributed by atoms with Crippen LogP contribution in [0.1, 0.15) is 16.8 Å². The maximum atomic E-state index is 12.9. The number of piperidine rings is 1. The molecule has 1 saturated carbocycles. The van der Waals surface area contributed by atoms with Gasteiger partial charge in [0.25, 0.3) is 5.91 Å². The number of aliphatic carboxylic acids is 2. The van der Waals surface area contributed by atoms with E-state index in [-0.39, 0.29) is 36.6 Å². The van der Waals surface area contributed by atoms with Crippen LogP contribution in [0.5, 0.6) is 17.2 Å². The van der Waals surface area contributed by atoms with Crippen molar-refractivity contribution >= 4 is 17.8 Å². The molecule has 1 aromatic carbocycles. The summed E-state index contributed by atoms with van der Waals surface area (Å²) in [6.45, 7) is -0.297. The lowest BCUT2D eigenvalue weighted by atomic mass is 9.97. The molecule has 2 fully saturated rings. The summed E-state index contributed by atoms with van der Waals surface area (Å²) in [5.74, 6) is -2.00. The number of hydrogen-bond acceptors (Lipinski definition) is 6. The molecule has 1 aliphatic carbocycles. The van der Waals surface area contributed by atoms with Gasteiger partial charge in [0.2, 0.25) is 5.75 Å². The number of carbonyl (C=O) groups is 3. The Morgan fingerprint density at radius 1 is 0.923 bits per heavy atom. The maximum absolute atomic E-state index is 12.9. The first kappa shape index (κ1) is 17.8. The molecule has 2 aliphatic rings. The molecule has 3 rings (SSSR count). The van der Waals surface area contributed by atoms with Crippen molar-refractivity contribution in [1.82, 2.24) is 4.90 Å². The molecule has 140 valence electrons. The zero-order chi connectivity index (χ0) is 19.3. The minimum atomic E-state index is -1.42. The zero-order valence-corrected chi connectivity index (χ0v) is 14.6. The van der Waals surface area contributed by atoms with Gasteiger partial charge in [0.1, 0.15) is 10.8 Å². The average Bonchev–Trinajstić information content (AvgIpc) is 3.17. The highest BCUT2D eigenvalue weighted by molar-refractivity contribution is 6.00. The fourth-order valence-electron chi connectivity index (χ4n) is 3.82. The van der Waals surface area contributed by atoms with Crippen LogP contribution in [0, 0.1) is 10.8 Å². The van der Waals surface area contributed by atoms with Crippen LogP contribution in [0.4, 0.5) is 0 Å². The number of carbonyl (C=O) groups excluding carboxylic acids is 1. The SMILES string of the molecule is COc1cc(C(=O)N2C[C@@]3(C(=O)O)C[C@@]3(C(=O)O)C2)cc(OC)c1OC. The van der Waals surface area contributed by atoms with Crippen LogP contribution < -0.4 is 14.2 Å². The number of ether oxygens (including phenoxy) is 3. The molecule has 1 aromatic rings. The molecule has 2 N–H and O–H groups in total. The van der Waals surface area contributed by atoms with Crippen LogP contribution in [-0.4, -0.2) is 67.4 Å². The number of nitrogens with zero attached hydrogens (tertiary/aromatic N) is 1. The van der Waals surface area contributed by atoms with E-state index in [0.717, 1.165) is 0 Å². The molecule has 0 unspecified atom stereocenters. The molecule has 0 aromatic heterocycles. The molecule has 9 nitrogen and oxygen atoms in total. The van der Waals surface area contributed by atoms with Crippen molar-refractivity contribution in [2.75, 3.05) is 34.4 Å². The van der Waals surface area contributed by atoms with Gasteiger partial charge in [-0.2, -0.15) is 0 Å². The molecule has 1 aliphatic heterocycles. The summed E-state index contributed by atoms with van der Waals surface area (Å²) in [6.07, 6.45) is 0.0314. The zero-order valence-electron chi connectivity index (χ0n) is 14.6. The van der Waals surface area contributed by atoms with Crippen LogP contribution in [-0.2, 0) is 9.59 Å². The summed E-state index contributed by atoms with van der Waals surface area (Å²) in [5.41, 5.74) is -2.65. The molecular formula is C17H19NO8. The second-order valence-electron chi connectivity index (χ2n) is 6.53. The number of likely N-dealkylation sites (tertiary alicyclic amines) is 1. The molecule has 1 saturated heterocycles. The minimum absolute atomic E-state index is 0.0314. The molecule has 0 radical (unpaired) electrons. The Morgan fingerprint density at radius 3 is 1.73 bits per heavy atom. The van der Waals surface area contributed by atoms with Gasteiger partial charge in [0.05, 0.1) is 21.3 Å². The van der Waals surface area contributed by atoms with Gasteiger partial charge in [0.15, 0.2) is 11.5 Å². The van der Waals surface area contributed by atoms with E-state index in [9.17, 15) is 24.6 Å². The summed E-state index contributed by atoms with van der Waals surface area (Å²) in [6, 6.07) is 2.91. The average molecular weight is 365 g/mol. The van der Waals surface area contributed by atoms with E-state index < -0.39 is 28.7 Å². The van der Waals surface area contributed by atoms with Gasteiger partial charge in [-0.1, -0.05) is 0 Å².